The van der Waals surface area contributed by atoms with Gasteiger partial charge < -0.3 is 20.3 Å². The molecule has 24 heavy (non-hydrogen) atoms. The minimum Gasteiger partial charge on any atom is -0.383 e. The summed E-state index contributed by atoms with van der Waals surface area (Å²) in [7, 11) is 5.02. The molecule has 9 heteroatoms. The Hall–Kier alpha value is -0.770. The van der Waals surface area contributed by atoms with Gasteiger partial charge in [-0.3, -0.25) is 4.79 Å². The lowest BCUT2D eigenvalue weighted by molar-refractivity contribution is -0.127. The molecule has 0 bridgehead atoms. The van der Waals surface area contributed by atoms with E-state index in [-0.39, 0.29) is 36.4 Å². The van der Waals surface area contributed by atoms with Crippen molar-refractivity contribution in [2.24, 2.45) is 4.99 Å². The summed E-state index contributed by atoms with van der Waals surface area (Å²) in [6.07, 6.45) is 0. The summed E-state index contributed by atoms with van der Waals surface area (Å²) in [6.45, 7) is 1.63. The standard InChI is InChI=1S/C15H22Cl2N4O2.HI/c1-21(2)14(22)10-20-15(18-6-7-23-3)19-9-11-4-5-12(16)8-13(11)17;/h4-5,8H,6-7,9-10H2,1-3H3,(H2,18,19,20);1H. The summed E-state index contributed by atoms with van der Waals surface area (Å²) >= 11 is 12.0. The van der Waals surface area contributed by atoms with E-state index in [1.165, 1.54) is 4.90 Å². The summed E-state index contributed by atoms with van der Waals surface area (Å²) in [6, 6.07) is 5.26. The molecule has 0 aliphatic carbocycles. The van der Waals surface area contributed by atoms with Crippen LogP contribution in [-0.2, 0) is 16.1 Å². The van der Waals surface area contributed by atoms with Crippen LogP contribution >= 0.6 is 47.2 Å². The number of hydrogen-bond acceptors (Lipinski definition) is 3. The van der Waals surface area contributed by atoms with Crippen LogP contribution in [0.25, 0.3) is 0 Å². The number of rotatable bonds is 7. The van der Waals surface area contributed by atoms with Gasteiger partial charge in [0.2, 0.25) is 5.91 Å². The van der Waals surface area contributed by atoms with E-state index in [0.717, 1.165) is 5.56 Å². The number of benzene rings is 1. The highest BCUT2D eigenvalue weighted by Crippen LogP contribution is 2.21. The summed E-state index contributed by atoms with van der Waals surface area (Å²) in [5, 5.41) is 7.21. The zero-order valence-corrected chi connectivity index (χ0v) is 17.8. The molecule has 0 radical (unpaired) electrons. The average molecular weight is 489 g/mol. The van der Waals surface area contributed by atoms with Gasteiger partial charge in [-0.05, 0) is 17.7 Å². The minimum atomic E-state index is -0.0456. The monoisotopic (exact) mass is 488 g/mol. The highest BCUT2D eigenvalue weighted by atomic mass is 127. The second kappa shape index (κ2) is 12.6. The molecule has 0 aliphatic rings. The fourth-order valence-electron chi connectivity index (χ4n) is 1.58. The molecule has 1 amide bonds. The van der Waals surface area contributed by atoms with Gasteiger partial charge in [-0.1, -0.05) is 29.3 Å². The van der Waals surface area contributed by atoms with Gasteiger partial charge in [0.25, 0.3) is 0 Å². The van der Waals surface area contributed by atoms with Crippen LogP contribution in [0, 0.1) is 0 Å². The van der Waals surface area contributed by atoms with Crippen LogP contribution in [0.15, 0.2) is 23.2 Å². The molecule has 2 N–H and O–H groups in total. The van der Waals surface area contributed by atoms with E-state index in [2.05, 4.69) is 15.6 Å². The van der Waals surface area contributed by atoms with E-state index in [1.807, 2.05) is 6.07 Å². The number of ether oxygens (including phenoxy) is 1. The Morgan fingerprint density at radius 3 is 2.58 bits per heavy atom. The van der Waals surface area contributed by atoms with Gasteiger partial charge in [0, 0.05) is 37.8 Å². The van der Waals surface area contributed by atoms with E-state index >= 15 is 0 Å². The largest absolute Gasteiger partial charge is 0.383 e. The molecule has 136 valence electrons. The smallest absolute Gasteiger partial charge is 0.241 e. The number of aliphatic imine (C=N–C) groups is 1. The van der Waals surface area contributed by atoms with E-state index in [0.29, 0.717) is 35.7 Å². The van der Waals surface area contributed by atoms with Gasteiger partial charge in [0.05, 0.1) is 19.7 Å². The quantitative estimate of drug-likeness (QED) is 0.267. The van der Waals surface area contributed by atoms with E-state index in [9.17, 15) is 4.79 Å². The van der Waals surface area contributed by atoms with Gasteiger partial charge in [-0.15, -0.1) is 24.0 Å². The topological polar surface area (TPSA) is 66.0 Å². The zero-order valence-electron chi connectivity index (χ0n) is 13.9. The summed E-state index contributed by atoms with van der Waals surface area (Å²) in [4.78, 5) is 17.6. The number of likely N-dealkylation sites (N-methyl/N-ethyl adjacent to an activating group) is 1. The first-order valence-electron chi connectivity index (χ1n) is 7.09. The average Bonchev–Trinajstić information content (AvgIpc) is 2.50. The summed E-state index contributed by atoms with van der Waals surface area (Å²) < 4.78 is 4.99. The molecule has 6 nitrogen and oxygen atoms in total. The molecule has 0 saturated heterocycles. The molecule has 0 heterocycles. The SMILES string of the molecule is COCCNC(=NCc1ccc(Cl)cc1Cl)NCC(=O)N(C)C.I. The van der Waals surface area contributed by atoms with Crippen molar-refractivity contribution < 1.29 is 9.53 Å². The van der Waals surface area contributed by atoms with Crippen molar-refractivity contribution in [2.45, 2.75) is 6.54 Å². The second-order valence-electron chi connectivity index (χ2n) is 4.96. The fraction of sp³-hybridized carbons (Fsp3) is 0.467. The molecule has 0 spiro atoms. The predicted octanol–water partition coefficient (Wildman–Crippen LogP) is 2.38. The third kappa shape index (κ3) is 8.91. The molecule has 1 aromatic rings. The van der Waals surface area contributed by atoms with Gasteiger partial charge in [0.1, 0.15) is 0 Å². The number of amides is 1. The number of carbonyl (C=O) groups is 1. The molecule has 0 saturated carbocycles. The first kappa shape index (κ1) is 23.2. The number of nitrogens with zero attached hydrogens (tertiary/aromatic N) is 2. The van der Waals surface area contributed by atoms with Gasteiger partial charge in [-0.25, -0.2) is 4.99 Å². The van der Waals surface area contributed by atoms with Crippen molar-refractivity contribution in [2.75, 3.05) is 40.9 Å². The molecule has 0 aliphatic heterocycles. The van der Waals surface area contributed by atoms with Crippen molar-refractivity contribution in [3.8, 4) is 0 Å². The zero-order chi connectivity index (χ0) is 17.2. The van der Waals surface area contributed by atoms with E-state index < -0.39 is 0 Å². The molecular formula is C15H23Cl2IN4O2. The maximum absolute atomic E-state index is 11.7. The molecule has 0 aromatic heterocycles. The third-order valence-corrected chi connectivity index (χ3v) is 3.51. The van der Waals surface area contributed by atoms with E-state index in [4.69, 9.17) is 27.9 Å². The molecule has 1 rings (SSSR count). The molecule has 0 fully saturated rings. The molecular weight excluding hydrogens is 466 g/mol. The van der Waals surface area contributed by atoms with Crippen LogP contribution in [0.5, 0.6) is 0 Å². The first-order chi connectivity index (χ1) is 10.9. The number of methoxy groups -OCH3 is 1. The third-order valence-electron chi connectivity index (χ3n) is 2.93. The lowest BCUT2D eigenvalue weighted by atomic mass is 10.2. The highest BCUT2D eigenvalue weighted by Gasteiger charge is 2.06. The Kier molecular flexibility index (Phi) is 12.2. The summed E-state index contributed by atoms with van der Waals surface area (Å²) in [5.74, 6) is 0.471. The maximum Gasteiger partial charge on any atom is 0.241 e. The number of carbonyl (C=O) groups excluding carboxylic acids is 1. The normalized spacial score (nSPS) is 10.8. The Morgan fingerprint density at radius 1 is 1.29 bits per heavy atom. The number of guanidine groups is 1. The Morgan fingerprint density at radius 2 is 2.00 bits per heavy atom. The van der Waals surface area contributed by atoms with Crippen LogP contribution in [-0.4, -0.2) is 57.7 Å². The molecule has 0 atom stereocenters. The second-order valence-corrected chi connectivity index (χ2v) is 5.81. The van der Waals surface area contributed by atoms with Crippen LogP contribution in [0.2, 0.25) is 10.0 Å². The first-order valence-corrected chi connectivity index (χ1v) is 7.85. The molecule has 1 aromatic carbocycles. The van der Waals surface area contributed by atoms with Crippen molar-refractivity contribution in [3.05, 3.63) is 33.8 Å². The van der Waals surface area contributed by atoms with Gasteiger partial charge in [0.15, 0.2) is 5.96 Å². The number of halogens is 3. The maximum atomic E-state index is 11.7. The number of nitrogens with one attached hydrogen (secondary N) is 2. The van der Waals surface area contributed by atoms with Crippen molar-refractivity contribution in [1.82, 2.24) is 15.5 Å². The van der Waals surface area contributed by atoms with Crippen LogP contribution in [0.4, 0.5) is 0 Å². The van der Waals surface area contributed by atoms with Crippen molar-refractivity contribution in [1.29, 1.82) is 0 Å². The van der Waals surface area contributed by atoms with E-state index in [1.54, 1.807) is 33.3 Å². The van der Waals surface area contributed by atoms with Gasteiger partial charge >= 0.3 is 0 Å². The Balaban J connectivity index is 0.00000529. The lowest BCUT2D eigenvalue weighted by Gasteiger charge is -2.15. The molecule has 0 unspecified atom stereocenters. The van der Waals surface area contributed by atoms with Crippen LogP contribution in [0.3, 0.4) is 0 Å². The van der Waals surface area contributed by atoms with Crippen LogP contribution in [0.1, 0.15) is 5.56 Å². The Labute approximate surface area is 169 Å². The lowest BCUT2D eigenvalue weighted by Crippen LogP contribution is -2.43. The fourth-order valence-corrected chi connectivity index (χ4v) is 2.05. The minimum absolute atomic E-state index is 0. The Bertz CT molecular complexity index is 556. The van der Waals surface area contributed by atoms with Crippen molar-refractivity contribution >= 4 is 59.0 Å². The highest BCUT2D eigenvalue weighted by molar-refractivity contribution is 14.0. The summed E-state index contributed by atoms with van der Waals surface area (Å²) in [5.41, 5.74) is 0.850. The number of hydrogen-bond donors (Lipinski definition) is 2. The predicted molar refractivity (Wildman–Crippen MR) is 110 cm³/mol. The van der Waals surface area contributed by atoms with Crippen molar-refractivity contribution in [3.63, 3.8) is 0 Å². The van der Waals surface area contributed by atoms with Gasteiger partial charge in [-0.2, -0.15) is 0 Å². The van der Waals surface area contributed by atoms with Crippen LogP contribution < -0.4 is 10.6 Å².